The van der Waals surface area contributed by atoms with Crippen LogP contribution in [0, 0.1) is 0 Å². The Labute approximate surface area is 177 Å². The van der Waals surface area contributed by atoms with Crippen molar-refractivity contribution in [3.05, 3.63) is 47.5 Å². The molecule has 10 heteroatoms. The van der Waals surface area contributed by atoms with Crippen molar-refractivity contribution in [1.82, 2.24) is 0 Å². The van der Waals surface area contributed by atoms with Gasteiger partial charge < -0.3 is 45.2 Å². The lowest BCUT2D eigenvalue weighted by Crippen LogP contribution is -2.60. The summed E-state index contributed by atoms with van der Waals surface area (Å²) in [6, 6.07) is 7.97. The SMILES string of the molecule is O=C(CCc1ccc(O)c(O[C@@H]2O[C@H](CO)[C@@H](O)[C@H](O)[C@H]2O)c1)c1ccc(O)cc1O. The molecule has 0 unspecified atom stereocenters. The summed E-state index contributed by atoms with van der Waals surface area (Å²) in [5, 5.41) is 68.2. The molecule has 0 aromatic heterocycles. The smallest absolute Gasteiger partial charge is 0.229 e. The number of aliphatic hydroxyl groups excluding tert-OH is 4. The molecule has 5 atom stereocenters. The monoisotopic (exact) mass is 436 g/mol. The van der Waals surface area contributed by atoms with Gasteiger partial charge in [0.15, 0.2) is 17.3 Å². The van der Waals surface area contributed by atoms with Crippen LogP contribution in [0.25, 0.3) is 0 Å². The first-order chi connectivity index (χ1) is 14.7. The number of Topliss-reactive ketones (excluding diaryl/α,β-unsaturated/α-hetero) is 1. The Bertz CT molecular complexity index is 928. The van der Waals surface area contributed by atoms with Crippen molar-refractivity contribution in [2.24, 2.45) is 0 Å². The summed E-state index contributed by atoms with van der Waals surface area (Å²) in [6.45, 7) is -0.622. The van der Waals surface area contributed by atoms with E-state index in [1.165, 1.54) is 24.3 Å². The number of aryl methyl sites for hydroxylation is 1. The first-order valence-electron chi connectivity index (χ1n) is 9.55. The molecular formula is C21H24O10. The molecule has 168 valence electrons. The highest BCUT2D eigenvalue weighted by atomic mass is 16.7. The Morgan fingerprint density at radius 1 is 0.935 bits per heavy atom. The van der Waals surface area contributed by atoms with Gasteiger partial charge in [0.05, 0.1) is 12.2 Å². The Morgan fingerprint density at radius 2 is 1.68 bits per heavy atom. The van der Waals surface area contributed by atoms with Gasteiger partial charge in [0.1, 0.15) is 35.9 Å². The molecule has 2 aromatic rings. The van der Waals surface area contributed by atoms with Crippen molar-refractivity contribution in [2.75, 3.05) is 6.61 Å². The molecule has 10 nitrogen and oxygen atoms in total. The van der Waals surface area contributed by atoms with Crippen LogP contribution >= 0.6 is 0 Å². The number of benzene rings is 2. The molecule has 0 bridgehead atoms. The lowest BCUT2D eigenvalue weighted by atomic mass is 9.99. The lowest BCUT2D eigenvalue weighted by molar-refractivity contribution is -0.277. The van der Waals surface area contributed by atoms with Crippen molar-refractivity contribution in [3.63, 3.8) is 0 Å². The van der Waals surface area contributed by atoms with E-state index < -0.39 is 37.3 Å². The summed E-state index contributed by atoms with van der Waals surface area (Å²) in [4.78, 5) is 12.3. The highest BCUT2D eigenvalue weighted by Crippen LogP contribution is 2.32. The van der Waals surface area contributed by atoms with Crippen LogP contribution in [0.1, 0.15) is 22.3 Å². The number of ketones is 1. The molecule has 1 aliphatic heterocycles. The highest BCUT2D eigenvalue weighted by molar-refractivity contribution is 5.98. The normalized spacial score (nSPS) is 25.9. The average molecular weight is 436 g/mol. The molecule has 1 aliphatic rings. The number of hydrogen-bond acceptors (Lipinski definition) is 10. The molecule has 0 spiro atoms. The van der Waals surface area contributed by atoms with Crippen LogP contribution in [0.5, 0.6) is 23.0 Å². The maximum atomic E-state index is 12.3. The van der Waals surface area contributed by atoms with Crippen molar-refractivity contribution in [3.8, 4) is 23.0 Å². The van der Waals surface area contributed by atoms with Gasteiger partial charge in [-0.05, 0) is 36.2 Å². The Balaban J connectivity index is 1.69. The molecule has 1 fully saturated rings. The Hall–Kier alpha value is -2.89. The first-order valence-corrected chi connectivity index (χ1v) is 9.55. The maximum Gasteiger partial charge on any atom is 0.229 e. The van der Waals surface area contributed by atoms with Crippen LogP contribution in [-0.2, 0) is 11.2 Å². The fraction of sp³-hybridized carbons (Fsp3) is 0.381. The van der Waals surface area contributed by atoms with E-state index in [2.05, 4.69) is 0 Å². The summed E-state index contributed by atoms with van der Waals surface area (Å²) in [5.41, 5.74) is 0.651. The minimum Gasteiger partial charge on any atom is -0.508 e. The summed E-state index contributed by atoms with van der Waals surface area (Å²) in [7, 11) is 0. The first kappa shape index (κ1) is 22.8. The highest BCUT2D eigenvalue weighted by Gasteiger charge is 2.44. The molecule has 0 aliphatic carbocycles. The number of rotatable bonds is 7. The van der Waals surface area contributed by atoms with Gasteiger partial charge in [-0.3, -0.25) is 4.79 Å². The number of phenolic OH excluding ortho intramolecular Hbond substituents is 3. The largest absolute Gasteiger partial charge is 0.508 e. The maximum absolute atomic E-state index is 12.3. The summed E-state index contributed by atoms with van der Waals surface area (Å²) in [5.74, 6) is -1.24. The van der Waals surface area contributed by atoms with Crippen molar-refractivity contribution in [2.45, 2.75) is 43.5 Å². The van der Waals surface area contributed by atoms with Crippen LogP contribution in [-0.4, -0.2) is 78.8 Å². The number of carbonyl (C=O) groups is 1. The quantitative estimate of drug-likeness (QED) is 0.288. The molecule has 31 heavy (non-hydrogen) atoms. The predicted octanol–water partition coefficient (Wildman–Crippen LogP) is -0.202. The van der Waals surface area contributed by atoms with E-state index in [1.54, 1.807) is 6.07 Å². The lowest BCUT2D eigenvalue weighted by Gasteiger charge is -2.39. The third-order valence-corrected chi connectivity index (χ3v) is 5.04. The zero-order valence-corrected chi connectivity index (χ0v) is 16.3. The summed E-state index contributed by atoms with van der Waals surface area (Å²) < 4.78 is 10.7. The standard InChI is InChI=1S/C21H24O10/c22-9-17-18(27)19(28)20(29)21(31-17)30-16-7-10(2-6-14(16)25)1-5-13(24)12-4-3-11(23)8-15(12)26/h2-4,6-8,17-23,25-29H,1,5,9H2/t17-,18-,19+,20-,21-/m1/s1. The second-order valence-electron chi connectivity index (χ2n) is 7.24. The second-order valence-corrected chi connectivity index (χ2v) is 7.24. The Kier molecular flexibility index (Phi) is 6.98. The van der Waals surface area contributed by atoms with Crippen LogP contribution in [0.15, 0.2) is 36.4 Å². The van der Waals surface area contributed by atoms with Crippen LogP contribution in [0.2, 0.25) is 0 Å². The molecule has 1 heterocycles. The van der Waals surface area contributed by atoms with Gasteiger partial charge >= 0.3 is 0 Å². The third-order valence-electron chi connectivity index (χ3n) is 5.04. The van der Waals surface area contributed by atoms with E-state index >= 15 is 0 Å². The van der Waals surface area contributed by atoms with Crippen LogP contribution in [0.3, 0.4) is 0 Å². The molecule has 2 aromatic carbocycles. The Morgan fingerprint density at radius 3 is 2.35 bits per heavy atom. The third kappa shape index (κ3) is 5.06. The molecule has 7 N–H and O–H groups in total. The van der Waals surface area contributed by atoms with Crippen molar-refractivity contribution in [1.29, 1.82) is 0 Å². The van der Waals surface area contributed by atoms with Crippen molar-refractivity contribution >= 4 is 5.78 Å². The van der Waals surface area contributed by atoms with Crippen molar-refractivity contribution < 1.29 is 50.0 Å². The number of hydrogen-bond donors (Lipinski definition) is 7. The van der Waals surface area contributed by atoms with E-state index in [0.717, 1.165) is 6.07 Å². The minimum atomic E-state index is -1.64. The van der Waals surface area contributed by atoms with E-state index in [4.69, 9.17) is 9.47 Å². The number of phenols is 3. The average Bonchev–Trinajstić information content (AvgIpc) is 2.74. The van der Waals surface area contributed by atoms with Gasteiger partial charge in [0, 0.05) is 12.5 Å². The number of ether oxygens (including phenoxy) is 2. The van der Waals surface area contributed by atoms with Gasteiger partial charge in [-0.2, -0.15) is 0 Å². The van der Waals surface area contributed by atoms with Crippen LogP contribution in [0.4, 0.5) is 0 Å². The molecule has 0 radical (unpaired) electrons. The summed E-state index contributed by atoms with van der Waals surface area (Å²) >= 11 is 0. The minimum absolute atomic E-state index is 0.0165. The van der Waals surface area contributed by atoms with Gasteiger partial charge in [-0.1, -0.05) is 6.07 Å². The van der Waals surface area contributed by atoms with Gasteiger partial charge in [-0.15, -0.1) is 0 Å². The topological polar surface area (TPSA) is 177 Å². The predicted molar refractivity (Wildman–Crippen MR) is 105 cm³/mol. The van der Waals surface area contributed by atoms with Gasteiger partial charge in [-0.25, -0.2) is 0 Å². The number of aliphatic hydroxyl groups is 4. The zero-order chi connectivity index (χ0) is 22.7. The number of aromatic hydroxyl groups is 3. The van der Waals surface area contributed by atoms with E-state index in [0.29, 0.717) is 5.56 Å². The fourth-order valence-corrected chi connectivity index (χ4v) is 3.25. The fourth-order valence-electron chi connectivity index (χ4n) is 3.25. The molecule has 0 saturated carbocycles. The zero-order valence-electron chi connectivity index (χ0n) is 16.3. The summed E-state index contributed by atoms with van der Waals surface area (Å²) in [6.07, 6.45) is -7.19. The van der Waals surface area contributed by atoms with Gasteiger partial charge in [0.2, 0.25) is 6.29 Å². The van der Waals surface area contributed by atoms with E-state index in [-0.39, 0.29) is 47.2 Å². The van der Waals surface area contributed by atoms with Crippen LogP contribution < -0.4 is 4.74 Å². The number of carbonyl (C=O) groups excluding carboxylic acids is 1. The van der Waals surface area contributed by atoms with Gasteiger partial charge in [0.25, 0.3) is 0 Å². The molecular weight excluding hydrogens is 412 g/mol. The molecule has 1 saturated heterocycles. The second kappa shape index (κ2) is 9.50. The van der Waals surface area contributed by atoms with E-state index in [1.807, 2.05) is 0 Å². The van der Waals surface area contributed by atoms with E-state index in [9.17, 15) is 40.5 Å². The molecule has 0 amide bonds. The molecule has 3 rings (SSSR count).